The number of hydrogen-bond donors (Lipinski definition) is 2. The molecule has 0 fully saturated rings. The third-order valence-corrected chi connectivity index (χ3v) is 5.20. The van der Waals surface area contributed by atoms with Crippen LogP contribution in [0.2, 0.25) is 0 Å². The number of aromatic amines is 1. The third kappa shape index (κ3) is 2.61. The van der Waals surface area contributed by atoms with Crippen LogP contribution in [0.1, 0.15) is 41.0 Å². The summed E-state index contributed by atoms with van der Waals surface area (Å²) in [6, 6.07) is 14.8. The van der Waals surface area contributed by atoms with Gasteiger partial charge in [0.15, 0.2) is 0 Å². The number of amides is 1. The highest BCUT2D eigenvalue weighted by atomic mass is 79.9. The lowest BCUT2D eigenvalue weighted by atomic mass is 9.96. The molecule has 6 heteroatoms. The number of aromatic nitrogens is 2. The molecule has 0 radical (unpaired) electrons. The zero-order chi connectivity index (χ0) is 18.3. The zero-order valence-electron chi connectivity index (χ0n) is 14.2. The summed E-state index contributed by atoms with van der Waals surface area (Å²) < 4.78 is 0.987. The summed E-state index contributed by atoms with van der Waals surface area (Å²) in [6.45, 7) is 2.71. The number of carbonyl (C=O) groups excluding carboxylic acids is 1. The number of nitrogens with zero attached hydrogens (tertiary/aromatic N) is 2. The highest BCUT2D eigenvalue weighted by molar-refractivity contribution is 9.10. The van der Waals surface area contributed by atoms with Crippen LogP contribution in [0.4, 0.5) is 0 Å². The van der Waals surface area contributed by atoms with Gasteiger partial charge in [0.2, 0.25) is 0 Å². The standard InChI is InChI=1S/C20H18BrN3O2/c1-2-11-24-19(12-7-9-13(21)10-8-12)16-17(22-23-18(16)20(24)26)14-5-3-4-6-15(14)25/h3-10,19,25H,2,11H2,1H3,(H,22,23)/t19-/m1/s1. The molecule has 2 heterocycles. The van der Waals surface area contributed by atoms with E-state index >= 15 is 0 Å². The monoisotopic (exact) mass is 411 g/mol. The summed E-state index contributed by atoms with van der Waals surface area (Å²) >= 11 is 3.46. The lowest BCUT2D eigenvalue weighted by Crippen LogP contribution is -2.30. The van der Waals surface area contributed by atoms with Gasteiger partial charge in [-0.05, 0) is 36.2 Å². The maximum Gasteiger partial charge on any atom is 0.273 e. The molecule has 132 valence electrons. The highest BCUT2D eigenvalue weighted by Gasteiger charge is 2.41. The first-order chi connectivity index (χ1) is 12.6. The van der Waals surface area contributed by atoms with Gasteiger partial charge in [-0.15, -0.1) is 0 Å². The number of H-pyrrole nitrogens is 1. The van der Waals surface area contributed by atoms with Gasteiger partial charge in [-0.1, -0.05) is 47.1 Å². The van der Waals surface area contributed by atoms with Crippen LogP contribution in [0.25, 0.3) is 11.3 Å². The molecule has 0 aliphatic carbocycles. The van der Waals surface area contributed by atoms with Gasteiger partial charge >= 0.3 is 0 Å². The van der Waals surface area contributed by atoms with E-state index in [2.05, 4.69) is 33.1 Å². The Morgan fingerprint density at radius 2 is 1.92 bits per heavy atom. The number of nitrogens with one attached hydrogen (secondary N) is 1. The molecular weight excluding hydrogens is 394 g/mol. The summed E-state index contributed by atoms with van der Waals surface area (Å²) in [6.07, 6.45) is 0.863. The molecule has 0 saturated heterocycles. The van der Waals surface area contributed by atoms with Crippen molar-refractivity contribution in [2.75, 3.05) is 6.54 Å². The van der Waals surface area contributed by atoms with E-state index in [9.17, 15) is 9.90 Å². The fourth-order valence-electron chi connectivity index (χ4n) is 3.54. The number of rotatable bonds is 4. The van der Waals surface area contributed by atoms with Gasteiger partial charge in [-0.25, -0.2) is 0 Å². The maximum atomic E-state index is 12.9. The average Bonchev–Trinajstić information content (AvgIpc) is 3.17. The van der Waals surface area contributed by atoms with Crippen molar-refractivity contribution in [2.45, 2.75) is 19.4 Å². The van der Waals surface area contributed by atoms with Crippen LogP contribution in [-0.4, -0.2) is 32.7 Å². The van der Waals surface area contributed by atoms with Crippen molar-refractivity contribution in [1.82, 2.24) is 15.1 Å². The van der Waals surface area contributed by atoms with E-state index in [1.54, 1.807) is 12.1 Å². The number of phenols is 1. The van der Waals surface area contributed by atoms with Crippen LogP contribution in [0.15, 0.2) is 53.0 Å². The minimum Gasteiger partial charge on any atom is -0.507 e. The summed E-state index contributed by atoms with van der Waals surface area (Å²) in [7, 11) is 0. The Morgan fingerprint density at radius 3 is 2.62 bits per heavy atom. The van der Waals surface area contributed by atoms with E-state index in [0.717, 1.165) is 22.0 Å². The molecule has 3 aromatic rings. The maximum absolute atomic E-state index is 12.9. The second kappa shape index (κ2) is 6.61. The third-order valence-electron chi connectivity index (χ3n) is 4.67. The van der Waals surface area contributed by atoms with E-state index < -0.39 is 0 Å². The van der Waals surface area contributed by atoms with Crippen LogP contribution < -0.4 is 0 Å². The molecular formula is C20H18BrN3O2. The summed E-state index contributed by atoms with van der Waals surface area (Å²) in [5.41, 5.74) is 3.60. The molecule has 1 aromatic heterocycles. The van der Waals surface area contributed by atoms with Crippen LogP contribution in [-0.2, 0) is 0 Å². The number of fused-ring (bicyclic) bond motifs is 1. The molecule has 1 aliphatic rings. The molecule has 0 saturated carbocycles. The van der Waals surface area contributed by atoms with Gasteiger partial charge < -0.3 is 10.0 Å². The Kier molecular flexibility index (Phi) is 4.28. The molecule has 1 atom stereocenters. The van der Waals surface area contributed by atoms with E-state index in [-0.39, 0.29) is 17.7 Å². The Balaban J connectivity index is 1.91. The molecule has 2 N–H and O–H groups in total. The van der Waals surface area contributed by atoms with Crippen molar-refractivity contribution in [3.05, 3.63) is 69.8 Å². The van der Waals surface area contributed by atoms with E-state index in [1.807, 2.05) is 41.3 Å². The van der Waals surface area contributed by atoms with Gasteiger partial charge in [0.05, 0.1) is 6.04 Å². The molecule has 1 amide bonds. The highest BCUT2D eigenvalue weighted by Crippen LogP contribution is 2.44. The smallest absolute Gasteiger partial charge is 0.273 e. The lowest BCUT2D eigenvalue weighted by molar-refractivity contribution is 0.0744. The summed E-state index contributed by atoms with van der Waals surface area (Å²) in [5, 5.41) is 17.5. The molecule has 4 rings (SSSR count). The van der Waals surface area contributed by atoms with Crippen molar-refractivity contribution >= 4 is 21.8 Å². The zero-order valence-corrected chi connectivity index (χ0v) is 15.8. The lowest BCUT2D eigenvalue weighted by Gasteiger charge is -2.26. The van der Waals surface area contributed by atoms with Crippen molar-refractivity contribution in [3.63, 3.8) is 0 Å². The van der Waals surface area contributed by atoms with Crippen LogP contribution in [0.3, 0.4) is 0 Å². The predicted molar refractivity (Wildman–Crippen MR) is 103 cm³/mol. The van der Waals surface area contributed by atoms with Crippen molar-refractivity contribution in [1.29, 1.82) is 0 Å². The van der Waals surface area contributed by atoms with E-state index in [1.165, 1.54) is 0 Å². The fourth-order valence-corrected chi connectivity index (χ4v) is 3.80. The van der Waals surface area contributed by atoms with Gasteiger partial charge in [0.25, 0.3) is 5.91 Å². The van der Waals surface area contributed by atoms with E-state index in [0.29, 0.717) is 23.5 Å². The second-order valence-corrected chi connectivity index (χ2v) is 7.25. The number of carbonyl (C=O) groups is 1. The Morgan fingerprint density at radius 1 is 1.19 bits per heavy atom. The normalized spacial score (nSPS) is 16.2. The first kappa shape index (κ1) is 16.8. The number of aromatic hydroxyl groups is 1. The minimum absolute atomic E-state index is 0.0519. The van der Waals surface area contributed by atoms with Crippen molar-refractivity contribution in [3.8, 4) is 17.0 Å². The quantitative estimate of drug-likeness (QED) is 0.663. The van der Waals surface area contributed by atoms with Crippen LogP contribution in [0, 0.1) is 0 Å². The molecule has 0 unspecified atom stereocenters. The first-order valence-electron chi connectivity index (χ1n) is 8.55. The van der Waals surface area contributed by atoms with Crippen molar-refractivity contribution < 1.29 is 9.90 Å². The minimum atomic E-state index is -0.223. The number of benzene rings is 2. The van der Waals surface area contributed by atoms with Gasteiger partial charge in [-0.2, -0.15) is 5.10 Å². The Labute approximate surface area is 159 Å². The number of para-hydroxylation sites is 1. The summed E-state index contributed by atoms with van der Waals surface area (Å²) in [5.74, 6) is 0.0988. The van der Waals surface area contributed by atoms with E-state index in [4.69, 9.17) is 0 Å². The van der Waals surface area contributed by atoms with Gasteiger partial charge in [0, 0.05) is 22.1 Å². The number of phenolic OH excluding ortho intramolecular Hbond substituents is 1. The largest absolute Gasteiger partial charge is 0.507 e. The van der Waals surface area contributed by atoms with Gasteiger partial charge in [0.1, 0.15) is 17.1 Å². The topological polar surface area (TPSA) is 69.2 Å². The Hall–Kier alpha value is -2.60. The molecule has 26 heavy (non-hydrogen) atoms. The summed E-state index contributed by atoms with van der Waals surface area (Å²) in [4.78, 5) is 14.8. The van der Waals surface area contributed by atoms with Crippen LogP contribution in [0.5, 0.6) is 5.75 Å². The Bertz CT molecular complexity index is 965. The molecule has 0 spiro atoms. The second-order valence-electron chi connectivity index (χ2n) is 6.33. The fraction of sp³-hybridized carbons (Fsp3) is 0.200. The van der Waals surface area contributed by atoms with Gasteiger partial charge in [-0.3, -0.25) is 9.89 Å². The number of halogens is 1. The average molecular weight is 412 g/mol. The molecule has 5 nitrogen and oxygen atoms in total. The van der Waals surface area contributed by atoms with Crippen LogP contribution >= 0.6 is 15.9 Å². The van der Waals surface area contributed by atoms with Crippen molar-refractivity contribution in [2.24, 2.45) is 0 Å². The number of hydrogen-bond acceptors (Lipinski definition) is 3. The SMILES string of the molecule is CCCN1C(=O)c2[nH]nc(-c3ccccc3O)c2[C@H]1c1ccc(Br)cc1. The molecule has 0 bridgehead atoms. The molecule has 2 aromatic carbocycles. The first-order valence-corrected chi connectivity index (χ1v) is 9.34. The molecule has 1 aliphatic heterocycles. The predicted octanol–water partition coefficient (Wildman–Crippen LogP) is 4.50.